The van der Waals surface area contributed by atoms with Gasteiger partial charge in [0.25, 0.3) is 0 Å². The molecule has 1 heterocycles. The summed E-state index contributed by atoms with van der Waals surface area (Å²) in [6.45, 7) is 8.80. The number of carbonyl (C=O) groups excluding carboxylic acids is 1. The van der Waals surface area contributed by atoms with Crippen molar-refractivity contribution in [1.82, 2.24) is 14.9 Å². The van der Waals surface area contributed by atoms with Crippen molar-refractivity contribution in [3.05, 3.63) is 18.2 Å². The molecule has 1 aromatic rings. The molecule has 1 aromatic heterocycles. The standard InChI is InChI=1S/C14H25N3O2/c1-11(2)16-14(4,13(18)19-5)7-6-9-17-10-8-15-12(17)3/h8,10-11,16H,6-7,9H2,1-5H3. The Morgan fingerprint density at radius 2 is 2.26 bits per heavy atom. The minimum Gasteiger partial charge on any atom is -0.468 e. The number of nitrogens with one attached hydrogen (secondary N) is 1. The molecule has 5 nitrogen and oxygen atoms in total. The molecule has 0 radical (unpaired) electrons. The van der Waals surface area contributed by atoms with E-state index < -0.39 is 5.54 Å². The fraction of sp³-hybridized carbons (Fsp3) is 0.714. The van der Waals surface area contributed by atoms with Crippen LogP contribution in [0, 0.1) is 6.92 Å². The van der Waals surface area contributed by atoms with E-state index >= 15 is 0 Å². The van der Waals surface area contributed by atoms with E-state index in [1.807, 2.05) is 33.9 Å². The van der Waals surface area contributed by atoms with Crippen molar-refractivity contribution in [3.63, 3.8) is 0 Å². The first kappa shape index (κ1) is 15.7. The maximum atomic E-state index is 11.9. The van der Waals surface area contributed by atoms with E-state index in [4.69, 9.17) is 4.74 Å². The average molecular weight is 267 g/mol. The molecule has 0 aliphatic heterocycles. The lowest BCUT2D eigenvalue weighted by Gasteiger charge is -2.30. The Morgan fingerprint density at radius 1 is 1.58 bits per heavy atom. The third kappa shape index (κ3) is 4.35. The Bertz CT molecular complexity index is 415. The average Bonchev–Trinajstić information content (AvgIpc) is 2.73. The number of aryl methyl sites for hydroxylation is 2. The van der Waals surface area contributed by atoms with Gasteiger partial charge < -0.3 is 9.30 Å². The van der Waals surface area contributed by atoms with Crippen LogP contribution in [0.5, 0.6) is 0 Å². The molecule has 0 spiro atoms. The van der Waals surface area contributed by atoms with Crippen molar-refractivity contribution in [2.75, 3.05) is 7.11 Å². The van der Waals surface area contributed by atoms with Crippen LogP contribution in [0.3, 0.4) is 0 Å². The first-order valence-corrected chi connectivity index (χ1v) is 6.73. The number of hydrogen-bond acceptors (Lipinski definition) is 4. The maximum absolute atomic E-state index is 11.9. The number of rotatable bonds is 7. The summed E-state index contributed by atoms with van der Waals surface area (Å²) in [5.74, 6) is 0.792. The summed E-state index contributed by atoms with van der Waals surface area (Å²) in [5.41, 5.74) is -0.628. The minimum absolute atomic E-state index is 0.205. The first-order valence-electron chi connectivity index (χ1n) is 6.73. The Morgan fingerprint density at radius 3 is 2.74 bits per heavy atom. The van der Waals surface area contributed by atoms with E-state index in [1.54, 1.807) is 6.20 Å². The maximum Gasteiger partial charge on any atom is 0.325 e. The Kier molecular flexibility index (Phi) is 5.54. The largest absolute Gasteiger partial charge is 0.468 e. The summed E-state index contributed by atoms with van der Waals surface area (Å²) >= 11 is 0. The van der Waals surface area contributed by atoms with Crippen LogP contribution >= 0.6 is 0 Å². The van der Waals surface area contributed by atoms with Gasteiger partial charge in [0, 0.05) is 25.0 Å². The number of esters is 1. The highest BCUT2D eigenvalue weighted by Crippen LogP contribution is 2.16. The fourth-order valence-corrected chi connectivity index (χ4v) is 2.34. The highest BCUT2D eigenvalue weighted by atomic mass is 16.5. The van der Waals surface area contributed by atoms with Gasteiger partial charge in [0.05, 0.1) is 7.11 Å². The van der Waals surface area contributed by atoms with E-state index in [1.165, 1.54) is 7.11 Å². The van der Waals surface area contributed by atoms with Crippen LogP contribution in [0.2, 0.25) is 0 Å². The lowest BCUT2D eigenvalue weighted by atomic mass is 9.94. The molecule has 1 unspecified atom stereocenters. The molecule has 0 amide bonds. The molecule has 108 valence electrons. The van der Waals surface area contributed by atoms with Crippen LogP contribution in [0.15, 0.2) is 12.4 Å². The van der Waals surface area contributed by atoms with Gasteiger partial charge in [-0.05, 0) is 40.5 Å². The van der Waals surface area contributed by atoms with Crippen LogP contribution < -0.4 is 5.32 Å². The summed E-state index contributed by atoms with van der Waals surface area (Å²) in [7, 11) is 1.43. The molecule has 19 heavy (non-hydrogen) atoms. The minimum atomic E-state index is -0.628. The smallest absolute Gasteiger partial charge is 0.325 e. The van der Waals surface area contributed by atoms with Crippen LogP contribution in [0.1, 0.15) is 39.4 Å². The third-order valence-corrected chi connectivity index (χ3v) is 3.24. The van der Waals surface area contributed by atoms with Gasteiger partial charge in [0.15, 0.2) is 0 Å². The van der Waals surface area contributed by atoms with Crippen LogP contribution in [0.4, 0.5) is 0 Å². The van der Waals surface area contributed by atoms with E-state index in [2.05, 4.69) is 14.9 Å². The fourth-order valence-electron chi connectivity index (χ4n) is 2.34. The van der Waals surface area contributed by atoms with Crippen LogP contribution in [-0.4, -0.2) is 34.2 Å². The summed E-state index contributed by atoms with van der Waals surface area (Å²) in [5, 5.41) is 3.30. The Labute approximate surface area is 115 Å². The molecule has 0 aliphatic rings. The Balaban J connectivity index is 2.58. The monoisotopic (exact) mass is 267 g/mol. The molecular formula is C14H25N3O2. The number of nitrogens with zero attached hydrogens (tertiary/aromatic N) is 2. The predicted octanol–water partition coefficient (Wildman–Crippen LogP) is 1.90. The quantitative estimate of drug-likeness (QED) is 0.767. The van der Waals surface area contributed by atoms with Crippen LogP contribution in [-0.2, 0) is 16.1 Å². The van der Waals surface area contributed by atoms with Crippen molar-refractivity contribution in [3.8, 4) is 0 Å². The molecule has 1 atom stereocenters. The van der Waals surface area contributed by atoms with E-state index in [9.17, 15) is 4.79 Å². The van der Waals surface area contributed by atoms with E-state index in [0.29, 0.717) is 0 Å². The summed E-state index contributed by atoms with van der Waals surface area (Å²) in [4.78, 5) is 16.1. The zero-order valence-corrected chi connectivity index (χ0v) is 12.6. The van der Waals surface area contributed by atoms with E-state index in [-0.39, 0.29) is 12.0 Å². The summed E-state index contributed by atoms with van der Waals surface area (Å²) in [6.07, 6.45) is 5.37. The zero-order valence-electron chi connectivity index (χ0n) is 12.6. The predicted molar refractivity (Wildman–Crippen MR) is 74.9 cm³/mol. The first-order chi connectivity index (χ1) is 8.89. The second kappa shape index (κ2) is 6.70. The van der Waals surface area contributed by atoms with E-state index in [0.717, 1.165) is 25.2 Å². The lowest BCUT2D eigenvalue weighted by molar-refractivity contribution is -0.148. The van der Waals surface area contributed by atoms with Gasteiger partial charge in [-0.25, -0.2) is 4.98 Å². The van der Waals surface area contributed by atoms with Gasteiger partial charge in [0.2, 0.25) is 0 Å². The highest BCUT2D eigenvalue weighted by Gasteiger charge is 2.34. The number of imidazole rings is 1. The van der Waals surface area contributed by atoms with Crippen LogP contribution in [0.25, 0.3) is 0 Å². The summed E-state index contributed by atoms with van der Waals surface area (Å²) < 4.78 is 7.00. The van der Waals surface area contributed by atoms with Crippen molar-refractivity contribution >= 4 is 5.97 Å². The molecule has 0 aliphatic carbocycles. The number of aromatic nitrogens is 2. The van der Waals surface area contributed by atoms with Gasteiger partial charge in [-0.1, -0.05) is 0 Å². The molecule has 0 saturated carbocycles. The normalized spacial score (nSPS) is 14.4. The van der Waals surface area contributed by atoms with Crippen molar-refractivity contribution in [1.29, 1.82) is 0 Å². The number of ether oxygens (including phenoxy) is 1. The van der Waals surface area contributed by atoms with Crippen molar-refractivity contribution in [2.24, 2.45) is 0 Å². The third-order valence-electron chi connectivity index (χ3n) is 3.24. The number of carbonyl (C=O) groups is 1. The second-order valence-electron chi connectivity index (χ2n) is 5.39. The molecule has 0 saturated heterocycles. The molecule has 5 heteroatoms. The number of hydrogen-bond donors (Lipinski definition) is 1. The van der Waals surface area contributed by atoms with Gasteiger partial charge in [-0.15, -0.1) is 0 Å². The number of methoxy groups -OCH3 is 1. The highest BCUT2D eigenvalue weighted by molar-refractivity contribution is 5.80. The zero-order chi connectivity index (χ0) is 14.5. The topological polar surface area (TPSA) is 56.2 Å². The molecule has 1 rings (SSSR count). The molecular weight excluding hydrogens is 242 g/mol. The molecule has 0 aromatic carbocycles. The second-order valence-corrected chi connectivity index (χ2v) is 5.39. The SMILES string of the molecule is COC(=O)C(C)(CCCn1ccnc1C)NC(C)C. The van der Waals surface area contributed by atoms with Gasteiger partial charge in [-0.3, -0.25) is 10.1 Å². The van der Waals surface area contributed by atoms with Gasteiger partial charge in [-0.2, -0.15) is 0 Å². The molecule has 1 N–H and O–H groups in total. The van der Waals surface area contributed by atoms with Crippen molar-refractivity contribution in [2.45, 2.75) is 58.7 Å². The lowest BCUT2D eigenvalue weighted by Crippen LogP contribution is -2.53. The molecule has 0 fully saturated rings. The van der Waals surface area contributed by atoms with Gasteiger partial charge >= 0.3 is 5.97 Å². The Hall–Kier alpha value is -1.36. The summed E-state index contributed by atoms with van der Waals surface area (Å²) in [6, 6.07) is 0.235. The van der Waals surface area contributed by atoms with Gasteiger partial charge in [0.1, 0.15) is 11.4 Å². The van der Waals surface area contributed by atoms with Crippen molar-refractivity contribution < 1.29 is 9.53 Å². The molecule has 0 bridgehead atoms.